The molecular weight excluding hydrogens is 268 g/mol. The lowest BCUT2D eigenvalue weighted by molar-refractivity contribution is 0.564. The van der Waals surface area contributed by atoms with Gasteiger partial charge in [-0.3, -0.25) is 0 Å². The molecule has 1 heterocycles. The summed E-state index contributed by atoms with van der Waals surface area (Å²) in [6.07, 6.45) is 1.26. The molecule has 0 atom stereocenters. The van der Waals surface area contributed by atoms with Crippen molar-refractivity contribution in [1.82, 2.24) is 0 Å². The summed E-state index contributed by atoms with van der Waals surface area (Å²) < 4.78 is 0. The average Bonchev–Trinajstić information content (AvgIpc) is 2.55. The fourth-order valence-electron chi connectivity index (χ4n) is 3.10. The van der Waals surface area contributed by atoms with Crippen LogP contribution in [0.3, 0.4) is 0 Å². The molecule has 0 unspecified atom stereocenters. The number of para-hydroxylation sites is 2. The Morgan fingerprint density at radius 3 is 2.09 bits per heavy atom. The van der Waals surface area contributed by atoms with Crippen molar-refractivity contribution in [3.63, 3.8) is 0 Å². The number of anilines is 2. The number of hydrogen-bond acceptors (Lipinski definition) is 2. The fourth-order valence-corrected chi connectivity index (χ4v) is 3.10. The highest BCUT2D eigenvalue weighted by Crippen LogP contribution is 2.33. The number of nitrogens with zero attached hydrogens (tertiary/aromatic N) is 2. The van der Waals surface area contributed by atoms with E-state index in [1.54, 1.807) is 0 Å². The lowest BCUT2D eigenvalue weighted by Gasteiger charge is -2.39. The topological polar surface area (TPSA) is 6.48 Å². The monoisotopic (exact) mass is 294 g/mol. The summed E-state index contributed by atoms with van der Waals surface area (Å²) >= 11 is 0. The highest BCUT2D eigenvalue weighted by atomic mass is 15.3. The van der Waals surface area contributed by atoms with Crippen LogP contribution >= 0.6 is 0 Å². The number of benzene rings is 2. The number of fused-ring (bicyclic) bond motifs is 1. The van der Waals surface area contributed by atoms with E-state index in [1.165, 1.54) is 23.4 Å². The van der Waals surface area contributed by atoms with E-state index in [-0.39, 0.29) is 0 Å². The van der Waals surface area contributed by atoms with Crippen LogP contribution in [0.2, 0.25) is 0 Å². The van der Waals surface area contributed by atoms with Gasteiger partial charge >= 0.3 is 0 Å². The molecule has 0 radical (unpaired) electrons. The van der Waals surface area contributed by atoms with Crippen molar-refractivity contribution in [2.75, 3.05) is 29.4 Å². The summed E-state index contributed by atoms with van der Waals surface area (Å²) in [5.41, 5.74) is 4.15. The van der Waals surface area contributed by atoms with E-state index in [1.807, 2.05) is 0 Å². The standard InChI is InChI=1S/C20H26N2/c1-17(2)12-13-21-14-15-22(16-18-8-4-3-5-9-18)20-11-7-6-10-19(20)21/h3-11,17H,12-16H2,1-2H3. The molecule has 0 amide bonds. The minimum Gasteiger partial charge on any atom is -0.368 e. The SMILES string of the molecule is CC(C)CCN1CCN(Cc2ccccc2)c2ccccc21. The van der Waals surface area contributed by atoms with Crippen molar-refractivity contribution < 1.29 is 0 Å². The first-order valence-electron chi connectivity index (χ1n) is 8.37. The van der Waals surface area contributed by atoms with Gasteiger partial charge in [-0.1, -0.05) is 56.3 Å². The first kappa shape index (κ1) is 15.0. The maximum absolute atomic E-state index is 2.55. The third-order valence-electron chi connectivity index (χ3n) is 4.40. The first-order valence-corrected chi connectivity index (χ1v) is 8.37. The second-order valence-corrected chi connectivity index (χ2v) is 6.57. The molecule has 0 aliphatic carbocycles. The van der Waals surface area contributed by atoms with Crippen LogP contribution in [0.15, 0.2) is 54.6 Å². The Morgan fingerprint density at radius 1 is 0.818 bits per heavy atom. The van der Waals surface area contributed by atoms with E-state index in [0.29, 0.717) is 0 Å². The second-order valence-electron chi connectivity index (χ2n) is 6.57. The van der Waals surface area contributed by atoms with Gasteiger partial charge in [0, 0.05) is 26.2 Å². The zero-order valence-electron chi connectivity index (χ0n) is 13.7. The fraction of sp³-hybridized carbons (Fsp3) is 0.400. The Bertz CT molecular complexity index is 592. The number of rotatable bonds is 5. The molecule has 0 spiro atoms. The third-order valence-corrected chi connectivity index (χ3v) is 4.40. The molecule has 22 heavy (non-hydrogen) atoms. The highest BCUT2D eigenvalue weighted by Gasteiger charge is 2.21. The van der Waals surface area contributed by atoms with Gasteiger partial charge in [-0.25, -0.2) is 0 Å². The predicted octanol–water partition coefficient (Wildman–Crippen LogP) is 4.56. The van der Waals surface area contributed by atoms with Crippen LogP contribution in [0.4, 0.5) is 11.4 Å². The largest absolute Gasteiger partial charge is 0.368 e. The molecule has 0 fully saturated rings. The summed E-state index contributed by atoms with van der Waals surface area (Å²) in [5.74, 6) is 0.759. The van der Waals surface area contributed by atoms with E-state index in [4.69, 9.17) is 0 Å². The average molecular weight is 294 g/mol. The molecule has 2 aromatic carbocycles. The third kappa shape index (κ3) is 3.44. The summed E-state index contributed by atoms with van der Waals surface area (Å²) in [4.78, 5) is 5.06. The molecule has 0 saturated heterocycles. The summed E-state index contributed by atoms with van der Waals surface area (Å²) in [6, 6.07) is 19.6. The van der Waals surface area contributed by atoms with Crippen LogP contribution < -0.4 is 9.80 Å². The van der Waals surface area contributed by atoms with Crippen molar-refractivity contribution >= 4 is 11.4 Å². The molecule has 0 N–H and O–H groups in total. The molecule has 1 aliphatic rings. The van der Waals surface area contributed by atoms with Gasteiger partial charge in [0.05, 0.1) is 11.4 Å². The van der Waals surface area contributed by atoms with Crippen LogP contribution in [0, 0.1) is 5.92 Å². The summed E-state index contributed by atoms with van der Waals surface area (Å²) in [7, 11) is 0. The molecular formula is C20H26N2. The van der Waals surface area contributed by atoms with Gasteiger partial charge in [0.2, 0.25) is 0 Å². The van der Waals surface area contributed by atoms with E-state index >= 15 is 0 Å². The van der Waals surface area contributed by atoms with E-state index in [9.17, 15) is 0 Å². The minimum atomic E-state index is 0.759. The Kier molecular flexibility index (Phi) is 4.67. The zero-order chi connectivity index (χ0) is 15.4. The van der Waals surface area contributed by atoms with Crippen molar-refractivity contribution in [3.8, 4) is 0 Å². The Labute approximate surface area is 134 Å². The van der Waals surface area contributed by atoms with Gasteiger partial charge in [-0.2, -0.15) is 0 Å². The lowest BCUT2D eigenvalue weighted by Crippen LogP contribution is -2.41. The normalized spacial score (nSPS) is 14.3. The van der Waals surface area contributed by atoms with Crippen LogP contribution in [-0.2, 0) is 6.54 Å². The first-order chi connectivity index (χ1) is 10.7. The smallest absolute Gasteiger partial charge is 0.0607 e. The van der Waals surface area contributed by atoms with Crippen LogP contribution in [0.5, 0.6) is 0 Å². The van der Waals surface area contributed by atoms with E-state index < -0.39 is 0 Å². The van der Waals surface area contributed by atoms with Crippen molar-refractivity contribution in [1.29, 1.82) is 0 Å². The Morgan fingerprint density at radius 2 is 1.41 bits per heavy atom. The molecule has 2 nitrogen and oxygen atoms in total. The van der Waals surface area contributed by atoms with Crippen molar-refractivity contribution in [2.45, 2.75) is 26.8 Å². The van der Waals surface area contributed by atoms with Gasteiger partial charge < -0.3 is 9.80 Å². The molecule has 116 valence electrons. The molecule has 3 rings (SSSR count). The minimum absolute atomic E-state index is 0.759. The molecule has 0 saturated carbocycles. The molecule has 2 heteroatoms. The van der Waals surface area contributed by atoms with Crippen molar-refractivity contribution in [2.24, 2.45) is 5.92 Å². The maximum atomic E-state index is 2.55. The predicted molar refractivity (Wildman–Crippen MR) is 95.6 cm³/mol. The maximum Gasteiger partial charge on any atom is 0.0607 e. The molecule has 1 aliphatic heterocycles. The second kappa shape index (κ2) is 6.87. The highest BCUT2D eigenvalue weighted by molar-refractivity contribution is 5.73. The van der Waals surface area contributed by atoms with Crippen LogP contribution in [0.1, 0.15) is 25.8 Å². The molecule has 0 aromatic heterocycles. The quantitative estimate of drug-likeness (QED) is 0.797. The van der Waals surface area contributed by atoms with Crippen molar-refractivity contribution in [3.05, 3.63) is 60.2 Å². The van der Waals surface area contributed by atoms with Gasteiger partial charge in [-0.05, 0) is 30.0 Å². The molecule has 2 aromatic rings. The van der Waals surface area contributed by atoms with E-state index in [0.717, 1.165) is 32.1 Å². The van der Waals surface area contributed by atoms with Gasteiger partial charge in [0.15, 0.2) is 0 Å². The van der Waals surface area contributed by atoms with Gasteiger partial charge in [0.1, 0.15) is 0 Å². The summed E-state index contributed by atoms with van der Waals surface area (Å²) in [6.45, 7) is 8.99. The van der Waals surface area contributed by atoms with Crippen LogP contribution in [-0.4, -0.2) is 19.6 Å². The zero-order valence-corrected chi connectivity index (χ0v) is 13.7. The lowest BCUT2D eigenvalue weighted by atomic mass is 10.1. The van der Waals surface area contributed by atoms with Gasteiger partial charge in [0.25, 0.3) is 0 Å². The molecule has 0 bridgehead atoms. The van der Waals surface area contributed by atoms with Gasteiger partial charge in [-0.15, -0.1) is 0 Å². The van der Waals surface area contributed by atoms with E-state index in [2.05, 4.69) is 78.2 Å². The van der Waals surface area contributed by atoms with Crippen LogP contribution in [0.25, 0.3) is 0 Å². The number of hydrogen-bond donors (Lipinski definition) is 0. The summed E-state index contributed by atoms with van der Waals surface area (Å²) in [5, 5.41) is 0. The Balaban J connectivity index is 1.78. The Hall–Kier alpha value is -1.96.